The van der Waals surface area contributed by atoms with Crippen LogP contribution in [0.2, 0.25) is 0 Å². The topological polar surface area (TPSA) is 30.2 Å². The summed E-state index contributed by atoms with van der Waals surface area (Å²) in [7, 11) is 0. The van der Waals surface area contributed by atoms with Crippen LogP contribution in [-0.4, -0.2) is 6.29 Å². The SMILES string of the molecule is Cc1cc(-c2ccc(C=O)o2)cs1. The van der Waals surface area contributed by atoms with Gasteiger partial charge in [0, 0.05) is 15.8 Å². The van der Waals surface area contributed by atoms with Gasteiger partial charge in [-0.15, -0.1) is 11.3 Å². The number of carbonyl (C=O) groups is 1. The zero-order chi connectivity index (χ0) is 9.26. The highest BCUT2D eigenvalue weighted by Gasteiger charge is 2.04. The second-order valence-electron chi connectivity index (χ2n) is 2.77. The highest BCUT2D eigenvalue weighted by atomic mass is 32.1. The van der Waals surface area contributed by atoms with Crippen LogP contribution >= 0.6 is 11.3 Å². The summed E-state index contributed by atoms with van der Waals surface area (Å²) in [5.74, 6) is 1.13. The first-order valence-corrected chi connectivity index (χ1v) is 4.78. The molecule has 0 fully saturated rings. The number of hydrogen-bond acceptors (Lipinski definition) is 3. The van der Waals surface area contributed by atoms with Crippen molar-refractivity contribution in [1.82, 2.24) is 0 Å². The predicted molar refractivity (Wildman–Crippen MR) is 52.1 cm³/mol. The molecule has 2 heterocycles. The van der Waals surface area contributed by atoms with E-state index in [9.17, 15) is 4.79 Å². The fourth-order valence-corrected chi connectivity index (χ4v) is 1.84. The molecular formula is C10H8O2S. The van der Waals surface area contributed by atoms with Gasteiger partial charge < -0.3 is 4.42 Å². The molecule has 0 aliphatic carbocycles. The first-order valence-electron chi connectivity index (χ1n) is 3.90. The van der Waals surface area contributed by atoms with E-state index >= 15 is 0 Å². The summed E-state index contributed by atoms with van der Waals surface area (Å²) in [6, 6.07) is 5.53. The fraction of sp³-hybridized carbons (Fsp3) is 0.100. The molecule has 0 unspecified atom stereocenters. The first kappa shape index (κ1) is 8.26. The summed E-state index contributed by atoms with van der Waals surface area (Å²) in [6.45, 7) is 2.04. The number of carbonyl (C=O) groups excluding carboxylic acids is 1. The van der Waals surface area contributed by atoms with Crippen molar-refractivity contribution in [2.45, 2.75) is 6.92 Å². The molecule has 0 saturated carbocycles. The van der Waals surface area contributed by atoms with Gasteiger partial charge in [-0.1, -0.05) is 0 Å². The molecule has 13 heavy (non-hydrogen) atoms. The van der Waals surface area contributed by atoms with Crippen molar-refractivity contribution in [2.24, 2.45) is 0 Å². The average molecular weight is 192 g/mol. The van der Waals surface area contributed by atoms with Crippen LogP contribution in [0.1, 0.15) is 15.4 Å². The molecule has 0 amide bonds. The van der Waals surface area contributed by atoms with E-state index in [1.807, 2.05) is 24.4 Å². The number of furan rings is 1. The molecule has 2 nitrogen and oxygen atoms in total. The van der Waals surface area contributed by atoms with E-state index in [1.165, 1.54) is 4.88 Å². The summed E-state index contributed by atoms with van der Waals surface area (Å²) >= 11 is 1.67. The second kappa shape index (κ2) is 3.18. The Morgan fingerprint density at radius 3 is 2.85 bits per heavy atom. The molecule has 0 N–H and O–H groups in total. The van der Waals surface area contributed by atoms with Gasteiger partial charge in [0.2, 0.25) is 0 Å². The van der Waals surface area contributed by atoms with Gasteiger partial charge in [-0.25, -0.2) is 0 Å². The van der Waals surface area contributed by atoms with Crippen molar-refractivity contribution in [3.63, 3.8) is 0 Å². The van der Waals surface area contributed by atoms with Crippen LogP contribution in [-0.2, 0) is 0 Å². The fourth-order valence-electron chi connectivity index (χ4n) is 1.14. The van der Waals surface area contributed by atoms with E-state index in [1.54, 1.807) is 17.4 Å². The van der Waals surface area contributed by atoms with E-state index in [0.29, 0.717) is 12.0 Å². The highest BCUT2D eigenvalue weighted by molar-refractivity contribution is 7.10. The lowest BCUT2D eigenvalue weighted by atomic mass is 10.2. The van der Waals surface area contributed by atoms with Crippen molar-refractivity contribution in [1.29, 1.82) is 0 Å². The number of thiophene rings is 1. The maximum Gasteiger partial charge on any atom is 0.185 e. The average Bonchev–Trinajstić information content (AvgIpc) is 2.71. The van der Waals surface area contributed by atoms with E-state index in [4.69, 9.17) is 4.42 Å². The molecule has 0 aromatic carbocycles. The highest BCUT2D eigenvalue weighted by Crippen LogP contribution is 2.26. The third kappa shape index (κ3) is 1.55. The van der Waals surface area contributed by atoms with Crippen LogP contribution in [0.4, 0.5) is 0 Å². The van der Waals surface area contributed by atoms with E-state index in [-0.39, 0.29) is 0 Å². The summed E-state index contributed by atoms with van der Waals surface area (Å²) in [4.78, 5) is 11.6. The molecule has 0 saturated heterocycles. The Bertz CT molecular complexity index is 426. The van der Waals surface area contributed by atoms with Crippen LogP contribution in [0.3, 0.4) is 0 Å². The maximum atomic E-state index is 10.4. The Morgan fingerprint density at radius 1 is 1.46 bits per heavy atom. The molecule has 0 aliphatic rings. The van der Waals surface area contributed by atoms with Gasteiger partial charge >= 0.3 is 0 Å². The monoisotopic (exact) mass is 192 g/mol. The zero-order valence-electron chi connectivity index (χ0n) is 7.11. The van der Waals surface area contributed by atoms with Crippen molar-refractivity contribution in [3.05, 3.63) is 34.2 Å². The lowest BCUT2D eigenvalue weighted by Gasteiger charge is -1.87. The molecule has 3 heteroatoms. The lowest BCUT2D eigenvalue weighted by molar-refractivity contribution is 0.110. The van der Waals surface area contributed by atoms with Gasteiger partial charge in [0.1, 0.15) is 5.76 Å². The van der Waals surface area contributed by atoms with Gasteiger partial charge in [0.15, 0.2) is 12.0 Å². The van der Waals surface area contributed by atoms with E-state index in [2.05, 4.69) is 0 Å². The van der Waals surface area contributed by atoms with Crippen molar-refractivity contribution < 1.29 is 9.21 Å². The van der Waals surface area contributed by atoms with Gasteiger partial charge in [-0.05, 0) is 25.1 Å². The number of aldehydes is 1. The van der Waals surface area contributed by atoms with Crippen LogP contribution in [0, 0.1) is 6.92 Å². The minimum absolute atomic E-state index is 0.374. The van der Waals surface area contributed by atoms with Crippen molar-refractivity contribution >= 4 is 17.6 Å². The van der Waals surface area contributed by atoms with Gasteiger partial charge in [0.25, 0.3) is 0 Å². The van der Waals surface area contributed by atoms with E-state index in [0.717, 1.165) is 11.3 Å². The Hall–Kier alpha value is -1.35. The van der Waals surface area contributed by atoms with Crippen LogP contribution < -0.4 is 0 Å². The quantitative estimate of drug-likeness (QED) is 0.684. The van der Waals surface area contributed by atoms with Crippen molar-refractivity contribution in [2.75, 3.05) is 0 Å². The molecule has 0 atom stereocenters. The molecule has 2 aromatic heterocycles. The van der Waals surface area contributed by atoms with E-state index < -0.39 is 0 Å². The Kier molecular flexibility index (Phi) is 2.02. The minimum atomic E-state index is 0.374. The lowest BCUT2D eigenvalue weighted by Crippen LogP contribution is -1.68. The zero-order valence-corrected chi connectivity index (χ0v) is 7.93. The predicted octanol–water partition coefficient (Wildman–Crippen LogP) is 3.13. The molecule has 2 rings (SSSR count). The van der Waals surface area contributed by atoms with Crippen LogP contribution in [0.15, 0.2) is 28.0 Å². The molecule has 66 valence electrons. The first-order chi connectivity index (χ1) is 6.29. The number of aryl methyl sites for hydroxylation is 1. The molecule has 0 aliphatic heterocycles. The largest absolute Gasteiger partial charge is 0.453 e. The molecule has 0 spiro atoms. The maximum absolute atomic E-state index is 10.4. The van der Waals surface area contributed by atoms with Gasteiger partial charge in [-0.2, -0.15) is 0 Å². The third-order valence-electron chi connectivity index (χ3n) is 1.76. The number of hydrogen-bond donors (Lipinski definition) is 0. The Morgan fingerprint density at radius 2 is 2.31 bits per heavy atom. The molecule has 0 radical (unpaired) electrons. The minimum Gasteiger partial charge on any atom is -0.453 e. The van der Waals surface area contributed by atoms with Gasteiger partial charge in [-0.3, -0.25) is 4.79 Å². The summed E-state index contributed by atoms with van der Waals surface area (Å²) in [5, 5.41) is 2.02. The molecular weight excluding hydrogens is 184 g/mol. The summed E-state index contributed by atoms with van der Waals surface area (Å²) < 4.78 is 5.27. The third-order valence-corrected chi connectivity index (χ3v) is 2.62. The summed E-state index contributed by atoms with van der Waals surface area (Å²) in [6.07, 6.45) is 0.711. The number of rotatable bonds is 2. The Labute approximate surface area is 79.8 Å². The molecule has 0 bridgehead atoms. The smallest absolute Gasteiger partial charge is 0.185 e. The summed E-state index contributed by atoms with van der Waals surface area (Å²) in [5.41, 5.74) is 1.04. The second-order valence-corrected chi connectivity index (χ2v) is 3.88. The Balaban J connectivity index is 2.40. The van der Waals surface area contributed by atoms with Crippen LogP contribution in [0.25, 0.3) is 11.3 Å². The van der Waals surface area contributed by atoms with Gasteiger partial charge in [0.05, 0.1) is 0 Å². The van der Waals surface area contributed by atoms with Crippen LogP contribution in [0.5, 0.6) is 0 Å². The molecule has 2 aromatic rings. The normalized spacial score (nSPS) is 10.2. The van der Waals surface area contributed by atoms with Crippen molar-refractivity contribution in [3.8, 4) is 11.3 Å². The standard InChI is InChI=1S/C10H8O2S/c1-7-4-8(6-13-7)10-3-2-9(5-11)12-10/h2-6H,1H3.